The van der Waals surface area contributed by atoms with E-state index in [1.165, 1.54) is 11.3 Å². The maximum atomic E-state index is 12.4. The minimum absolute atomic E-state index is 0.222. The highest BCUT2D eigenvalue weighted by molar-refractivity contribution is 7.15. The molecule has 2 rings (SSSR count). The lowest BCUT2D eigenvalue weighted by molar-refractivity contribution is 0.102. The summed E-state index contributed by atoms with van der Waals surface area (Å²) >= 11 is 1.39. The molecule has 2 aromatic rings. The SMILES string of the molecule is CCCNc1cc(C)ncc1C(=O)Nc1nnc(CC)s1. The van der Waals surface area contributed by atoms with Crippen LogP contribution in [0.1, 0.15) is 41.3 Å². The predicted octanol–water partition coefficient (Wildman–Crippen LogP) is 2.88. The molecule has 2 heterocycles. The summed E-state index contributed by atoms with van der Waals surface area (Å²) in [7, 11) is 0. The third-order valence-corrected chi connectivity index (χ3v) is 3.82. The molecule has 6 nitrogen and oxygen atoms in total. The van der Waals surface area contributed by atoms with Gasteiger partial charge in [0.1, 0.15) is 5.01 Å². The van der Waals surface area contributed by atoms with Crippen molar-refractivity contribution in [1.29, 1.82) is 0 Å². The summed E-state index contributed by atoms with van der Waals surface area (Å²) in [6.45, 7) is 6.79. The van der Waals surface area contributed by atoms with Crippen LogP contribution in [0.3, 0.4) is 0 Å². The molecule has 1 amide bonds. The third kappa shape index (κ3) is 3.98. The van der Waals surface area contributed by atoms with Gasteiger partial charge in [-0.15, -0.1) is 10.2 Å². The summed E-state index contributed by atoms with van der Waals surface area (Å²) in [6, 6.07) is 1.88. The highest BCUT2D eigenvalue weighted by Gasteiger charge is 2.14. The maximum absolute atomic E-state index is 12.4. The number of nitrogens with one attached hydrogen (secondary N) is 2. The first-order valence-corrected chi connectivity index (χ1v) is 7.80. The summed E-state index contributed by atoms with van der Waals surface area (Å²) in [6.07, 6.45) is 3.38. The van der Waals surface area contributed by atoms with Crippen LogP contribution in [0, 0.1) is 6.92 Å². The highest BCUT2D eigenvalue weighted by Crippen LogP contribution is 2.20. The van der Waals surface area contributed by atoms with Gasteiger partial charge in [-0.05, 0) is 25.8 Å². The molecule has 21 heavy (non-hydrogen) atoms. The molecule has 0 saturated carbocycles. The molecule has 0 aliphatic carbocycles. The molecular weight excluding hydrogens is 286 g/mol. The highest BCUT2D eigenvalue weighted by atomic mass is 32.1. The van der Waals surface area contributed by atoms with Crippen LogP contribution in [0.5, 0.6) is 0 Å². The summed E-state index contributed by atoms with van der Waals surface area (Å²) in [5.74, 6) is -0.222. The average Bonchev–Trinajstić information content (AvgIpc) is 2.92. The zero-order valence-corrected chi connectivity index (χ0v) is 13.3. The summed E-state index contributed by atoms with van der Waals surface area (Å²) in [4.78, 5) is 16.6. The molecule has 0 fully saturated rings. The Hall–Kier alpha value is -2.02. The normalized spacial score (nSPS) is 10.4. The number of pyridine rings is 1. The Morgan fingerprint density at radius 1 is 1.33 bits per heavy atom. The van der Waals surface area contributed by atoms with E-state index in [2.05, 4.69) is 32.7 Å². The molecule has 112 valence electrons. The monoisotopic (exact) mass is 305 g/mol. The molecule has 0 aliphatic heterocycles. The number of hydrogen-bond donors (Lipinski definition) is 2. The lowest BCUT2D eigenvalue weighted by Crippen LogP contribution is -2.15. The maximum Gasteiger partial charge on any atom is 0.261 e. The first-order valence-electron chi connectivity index (χ1n) is 6.98. The van der Waals surface area contributed by atoms with Gasteiger partial charge in [-0.3, -0.25) is 15.1 Å². The number of carbonyl (C=O) groups is 1. The van der Waals surface area contributed by atoms with Gasteiger partial charge in [0.25, 0.3) is 5.91 Å². The van der Waals surface area contributed by atoms with Gasteiger partial charge in [0.15, 0.2) is 0 Å². The minimum Gasteiger partial charge on any atom is -0.384 e. The molecule has 7 heteroatoms. The fourth-order valence-electron chi connectivity index (χ4n) is 1.76. The van der Waals surface area contributed by atoms with Crippen LogP contribution < -0.4 is 10.6 Å². The Morgan fingerprint density at radius 3 is 2.81 bits per heavy atom. The zero-order valence-electron chi connectivity index (χ0n) is 12.4. The number of amides is 1. The van der Waals surface area contributed by atoms with Crippen molar-refractivity contribution >= 4 is 28.1 Å². The van der Waals surface area contributed by atoms with Crippen LogP contribution in [0.4, 0.5) is 10.8 Å². The standard InChI is InChI=1S/C14H19N5OS/c1-4-6-15-11-7-9(3)16-8-10(11)13(20)17-14-19-18-12(5-2)21-14/h7-8H,4-6H2,1-3H3,(H,15,16)(H,17,19,20). The second-order valence-corrected chi connectivity index (χ2v) is 5.67. The third-order valence-electron chi connectivity index (χ3n) is 2.84. The minimum atomic E-state index is -0.222. The van der Waals surface area contributed by atoms with Crippen LogP contribution >= 0.6 is 11.3 Å². The van der Waals surface area contributed by atoms with E-state index in [1.54, 1.807) is 6.20 Å². The van der Waals surface area contributed by atoms with E-state index in [-0.39, 0.29) is 5.91 Å². The Kier molecular flexibility index (Phi) is 5.21. The molecule has 2 N–H and O–H groups in total. The van der Waals surface area contributed by atoms with E-state index in [1.807, 2.05) is 19.9 Å². The molecule has 0 aliphatic rings. The predicted molar refractivity (Wildman–Crippen MR) is 85.0 cm³/mol. The van der Waals surface area contributed by atoms with Crippen molar-refractivity contribution in [2.45, 2.75) is 33.6 Å². The summed E-state index contributed by atoms with van der Waals surface area (Å²) in [5.41, 5.74) is 2.18. The van der Waals surface area contributed by atoms with Crippen LogP contribution in [-0.2, 0) is 6.42 Å². The first kappa shape index (κ1) is 15.4. The van der Waals surface area contributed by atoms with Gasteiger partial charge in [-0.2, -0.15) is 0 Å². The van der Waals surface area contributed by atoms with E-state index in [4.69, 9.17) is 0 Å². The fraction of sp³-hybridized carbons (Fsp3) is 0.429. The molecule has 0 unspecified atom stereocenters. The Morgan fingerprint density at radius 2 is 2.14 bits per heavy atom. The Labute approximate surface area is 128 Å². The van der Waals surface area contributed by atoms with E-state index in [9.17, 15) is 4.79 Å². The quantitative estimate of drug-likeness (QED) is 0.858. The van der Waals surface area contributed by atoms with Gasteiger partial charge >= 0.3 is 0 Å². The molecule has 0 atom stereocenters. The molecule has 0 bridgehead atoms. The van der Waals surface area contributed by atoms with E-state index < -0.39 is 0 Å². The van der Waals surface area contributed by atoms with Crippen molar-refractivity contribution < 1.29 is 4.79 Å². The average molecular weight is 305 g/mol. The molecule has 2 aromatic heterocycles. The molecular formula is C14H19N5OS. The number of carbonyl (C=O) groups excluding carboxylic acids is 1. The number of rotatable bonds is 6. The first-order chi connectivity index (χ1) is 10.1. The van der Waals surface area contributed by atoms with E-state index >= 15 is 0 Å². The zero-order chi connectivity index (χ0) is 15.2. The Bertz CT molecular complexity index is 626. The van der Waals surface area contributed by atoms with Crippen LogP contribution in [-0.4, -0.2) is 27.6 Å². The lowest BCUT2D eigenvalue weighted by atomic mass is 10.2. The topological polar surface area (TPSA) is 79.8 Å². The largest absolute Gasteiger partial charge is 0.384 e. The second-order valence-electron chi connectivity index (χ2n) is 4.61. The summed E-state index contributed by atoms with van der Waals surface area (Å²) in [5, 5.41) is 15.4. The van der Waals surface area contributed by atoms with Gasteiger partial charge in [0.05, 0.1) is 11.3 Å². The molecule has 0 radical (unpaired) electrons. The van der Waals surface area contributed by atoms with Crippen molar-refractivity contribution in [1.82, 2.24) is 15.2 Å². The number of aromatic nitrogens is 3. The van der Waals surface area contributed by atoms with Gasteiger partial charge in [-0.1, -0.05) is 25.2 Å². The number of anilines is 2. The lowest BCUT2D eigenvalue weighted by Gasteiger charge is -2.11. The van der Waals surface area contributed by atoms with Crippen molar-refractivity contribution in [3.63, 3.8) is 0 Å². The smallest absolute Gasteiger partial charge is 0.261 e. The number of nitrogens with zero attached hydrogens (tertiary/aromatic N) is 3. The van der Waals surface area contributed by atoms with Gasteiger partial charge in [0, 0.05) is 18.4 Å². The van der Waals surface area contributed by atoms with Crippen molar-refractivity contribution in [2.75, 3.05) is 17.2 Å². The second kappa shape index (κ2) is 7.12. The number of aryl methyl sites for hydroxylation is 2. The molecule has 0 saturated heterocycles. The molecule has 0 aromatic carbocycles. The molecule has 0 spiro atoms. The van der Waals surface area contributed by atoms with E-state index in [0.717, 1.165) is 35.8 Å². The van der Waals surface area contributed by atoms with Crippen molar-refractivity contribution in [3.05, 3.63) is 28.5 Å². The van der Waals surface area contributed by atoms with Crippen molar-refractivity contribution in [2.24, 2.45) is 0 Å². The van der Waals surface area contributed by atoms with Gasteiger partial charge in [0.2, 0.25) is 5.13 Å². The van der Waals surface area contributed by atoms with Gasteiger partial charge < -0.3 is 5.32 Å². The number of hydrogen-bond acceptors (Lipinski definition) is 6. The van der Waals surface area contributed by atoms with E-state index in [0.29, 0.717) is 10.7 Å². The van der Waals surface area contributed by atoms with Crippen LogP contribution in [0.15, 0.2) is 12.3 Å². The Balaban J connectivity index is 2.17. The van der Waals surface area contributed by atoms with Gasteiger partial charge in [-0.25, -0.2) is 0 Å². The van der Waals surface area contributed by atoms with Crippen LogP contribution in [0.2, 0.25) is 0 Å². The summed E-state index contributed by atoms with van der Waals surface area (Å²) < 4.78 is 0. The van der Waals surface area contributed by atoms with Crippen LogP contribution in [0.25, 0.3) is 0 Å². The fourth-order valence-corrected chi connectivity index (χ4v) is 2.43. The van der Waals surface area contributed by atoms with Crippen molar-refractivity contribution in [3.8, 4) is 0 Å².